The van der Waals surface area contributed by atoms with Crippen molar-refractivity contribution in [2.24, 2.45) is 0 Å². The number of halogens is 1. The molecule has 1 aromatic rings. The number of allylic oxidation sites excluding steroid dienone is 1. The van der Waals surface area contributed by atoms with Gasteiger partial charge >= 0.3 is 0 Å². The van der Waals surface area contributed by atoms with Crippen LogP contribution in [0.2, 0.25) is 0 Å². The largest absolute Gasteiger partial charge is 0.384 e. The molecule has 1 unspecified atom stereocenters. The summed E-state index contributed by atoms with van der Waals surface area (Å²) in [7, 11) is 0. The molecular formula is C12H12FNO. The van der Waals surface area contributed by atoms with Crippen molar-refractivity contribution in [2.45, 2.75) is 19.4 Å². The summed E-state index contributed by atoms with van der Waals surface area (Å²) in [5, 5.41) is 3.10. The average molecular weight is 205 g/mol. The van der Waals surface area contributed by atoms with Crippen LogP contribution in [0.1, 0.15) is 23.6 Å². The van der Waals surface area contributed by atoms with Crippen LogP contribution in [-0.2, 0) is 4.79 Å². The summed E-state index contributed by atoms with van der Waals surface area (Å²) in [4.78, 5) is 11.2. The van der Waals surface area contributed by atoms with Gasteiger partial charge in [0.15, 0.2) is 5.78 Å². The predicted octanol–water partition coefficient (Wildman–Crippen LogP) is 2.25. The molecule has 2 rings (SSSR count). The average Bonchev–Trinajstić information content (AvgIpc) is 2.17. The molecule has 1 aliphatic heterocycles. The number of carbonyl (C=O) groups excluding carboxylic acids is 1. The van der Waals surface area contributed by atoms with E-state index in [1.165, 1.54) is 18.2 Å². The van der Waals surface area contributed by atoms with E-state index in [2.05, 4.69) is 5.32 Å². The van der Waals surface area contributed by atoms with Crippen molar-refractivity contribution in [3.8, 4) is 0 Å². The van der Waals surface area contributed by atoms with Crippen molar-refractivity contribution in [1.29, 1.82) is 0 Å². The summed E-state index contributed by atoms with van der Waals surface area (Å²) in [5.74, 6) is -0.142. The fourth-order valence-electron chi connectivity index (χ4n) is 1.82. The number of hydrogen-bond acceptors (Lipinski definition) is 2. The van der Waals surface area contributed by atoms with Crippen LogP contribution >= 0.6 is 0 Å². The molecule has 1 heterocycles. The molecule has 0 radical (unpaired) electrons. The second-order valence-electron chi connectivity index (χ2n) is 3.72. The molecule has 0 amide bonds. The topological polar surface area (TPSA) is 29.1 Å². The first-order chi connectivity index (χ1) is 7.16. The molecule has 0 fully saturated rings. The SMILES string of the molecule is Cc1cc(F)ccc1C1CC(=O)C=CN1. The summed E-state index contributed by atoms with van der Waals surface area (Å²) in [6.07, 6.45) is 3.61. The van der Waals surface area contributed by atoms with Crippen LogP contribution in [0, 0.1) is 12.7 Å². The van der Waals surface area contributed by atoms with Gasteiger partial charge in [0.1, 0.15) is 5.82 Å². The summed E-state index contributed by atoms with van der Waals surface area (Å²) in [6, 6.07) is 4.62. The Kier molecular flexibility index (Phi) is 2.54. The highest BCUT2D eigenvalue weighted by Crippen LogP contribution is 2.23. The van der Waals surface area contributed by atoms with Crippen LogP contribution in [0.15, 0.2) is 30.5 Å². The van der Waals surface area contributed by atoms with Gasteiger partial charge in [0.05, 0.1) is 6.04 Å². The minimum absolute atomic E-state index is 0.0249. The first kappa shape index (κ1) is 9.90. The smallest absolute Gasteiger partial charge is 0.159 e. The Morgan fingerprint density at radius 3 is 2.93 bits per heavy atom. The molecule has 0 bridgehead atoms. The van der Waals surface area contributed by atoms with Crippen LogP contribution < -0.4 is 5.32 Å². The lowest BCUT2D eigenvalue weighted by Crippen LogP contribution is -2.23. The first-order valence-electron chi connectivity index (χ1n) is 4.88. The molecule has 0 saturated carbocycles. The molecule has 2 nitrogen and oxygen atoms in total. The molecule has 0 saturated heterocycles. The van der Waals surface area contributed by atoms with Crippen molar-refractivity contribution in [3.05, 3.63) is 47.4 Å². The van der Waals surface area contributed by atoms with E-state index < -0.39 is 0 Å². The Hall–Kier alpha value is -1.64. The predicted molar refractivity (Wildman–Crippen MR) is 55.8 cm³/mol. The minimum Gasteiger partial charge on any atom is -0.384 e. The van der Waals surface area contributed by atoms with Crippen LogP contribution in [0.5, 0.6) is 0 Å². The Bertz CT molecular complexity index is 426. The monoisotopic (exact) mass is 205 g/mol. The standard InChI is InChI=1S/C12H12FNO/c1-8-6-9(13)2-3-11(8)12-7-10(15)4-5-14-12/h2-6,12,14H,7H2,1H3. The van der Waals surface area contributed by atoms with E-state index in [9.17, 15) is 9.18 Å². The Morgan fingerprint density at radius 1 is 1.47 bits per heavy atom. The van der Waals surface area contributed by atoms with E-state index in [0.717, 1.165) is 11.1 Å². The molecule has 78 valence electrons. The van der Waals surface area contributed by atoms with Gasteiger partial charge < -0.3 is 5.32 Å². The van der Waals surface area contributed by atoms with E-state index in [1.54, 1.807) is 12.3 Å². The molecular weight excluding hydrogens is 193 g/mol. The van der Waals surface area contributed by atoms with Gasteiger partial charge in [0.25, 0.3) is 0 Å². The first-order valence-corrected chi connectivity index (χ1v) is 4.88. The highest BCUT2D eigenvalue weighted by Gasteiger charge is 2.18. The number of hydrogen-bond donors (Lipinski definition) is 1. The van der Waals surface area contributed by atoms with Gasteiger partial charge in [-0.2, -0.15) is 0 Å². The van der Waals surface area contributed by atoms with E-state index in [0.29, 0.717) is 6.42 Å². The molecule has 15 heavy (non-hydrogen) atoms. The Morgan fingerprint density at radius 2 is 2.27 bits per heavy atom. The zero-order chi connectivity index (χ0) is 10.8. The zero-order valence-electron chi connectivity index (χ0n) is 8.46. The third-order valence-corrected chi connectivity index (χ3v) is 2.58. The lowest BCUT2D eigenvalue weighted by Gasteiger charge is -2.21. The summed E-state index contributed by atoms with van der Waals surface area (Å²) in [5.41, 5.74) is 1.85. The van der Waals surface area contributed by atoms with Gasteiger partial charge in [-0.15, -0.1) is 0 Å². The molecule has 1 aliphatic rings. The quantitative estimate of drug-likeness (QED) is 0.761. The van der Waals surface area contributed by atoms with Crippen LogP contribution in [0.25, 0.3) is 0 Å². The Balaban J connectivity index is 2.30. The van der Waals surface area contributed by atoms with Crippen LogP contribution in [0.3, 0.4) is 0 Å². The second-order valence-corrected chi connectivity index (χ2v) is 3.72. The van der Waals surface area contributed by atoms with E-state index in [4.69, 9.17) is 0 Å². The molecule has 0 spiro atoms. The lowest BCUT2D eigenvalue weighted by atomic mass is 9.95. The van der Waals surface area contributed by atoms with Gasteiger partial charge in [0, 0.05) is 12.6 Å². The molecule has 1 N–H and O–H groups in total. The minimum atomic E-state index is -0.242. The number of aryl methyl sites for hydroxylation is 1. The highest BCUT2D eigenvalue weighted by molar-refractivity contribution is 5.90. The maximum atomic E-state index is 12.9. The van der Waals surface area contributed by atoms with Gasteiger partial charge in [-0.25, -0.2) is 4.39 Å². The molecule has 0 aromatic heterocycles. The van der Waals surface area contributed by atoms with Crippen LogP contribution in [0.4, 0.5) is 4.39 Å². The fraction of sp³-hybridized carbons (Fsp3) is 0.250. The van der Waals surface area contributed by atoms with E-state index in [-0.39, 0.29) is 17.6 Å². The summed E-state index contributed by atoms with van der Waals surface area (Å²) >= 11 is 0. The van der Waals surface area contributed by atoms with Crippen molar-refractivity contribution < 1.29 is 9.18 Å². The van der Waals surface area contributed by atoms with Crippen molar-refractivity contribution in [3.63, 3.8) is 0 Å². The summed E-state index contributed by atoms with van der Waals surface area (Å²) < 4.78 is 12.9. The number of carbonyl (C=O) groups is 1. The third kappa shape index (κ3) is 2.06. The second kappa shape index (κ2) is 3.85. The number of nitrogens with one attached hydrogen (secondary N) is 1. The van der Waals surface area contributed by atoms with Gasteiger partial charge in [-0.1, -0.05) is 6.07 Å². The Labute approximate surface area is 87.8 Å². The van der Waals surface area contributed by atoms with Gasteiger partial charge in [0.2, 0.25) is 0 Å². The highest BCUT2D eigenvalue weighted by atomic mass is 19.1. The van der Waals surface area contributed by atoms with E-state index in [1.807, 2.05) is 6.92 Å². The van der Waals surface area contributed by atoms with Crippen molar-refractivity contribution >= 4 is 5.78 Å². The van der Waals surface area contributed by atoms with Crippen molar-refractivity contribution in [1.82, 2.24) is 5.32 Å². The summed E-state index contributed by atoms with van der Waals surface area (Å²) in [6.45, 7) is 1.85. The molecule has 0 aliphatic carbocycles. The number of rotatable bonds is 1. The molecule has 3 heteroatoms. The number of benzene rings is 1. The normalized spacial score (nSPS) is 20.1. The van der Waals surface area contributed by atoms with Gasteiger partial charge in [-0.05, 0) is 36.3 Å². The van der Waals surface area contributed by atoms with Crippen molar-refractivity contribution in [2.75, 3.05) is 0 Å². The molecule has 1 aromatic carbocycles. The lowest BCUT2D eigenvalue weighted by molar-refractivity contribution is -0.115. The fourth-order valence-corrected chi connectivity index (χ4v) is 1.82. The zero-order valence-corrected chi connectivity index (χ0v) is 8.46. The molecule has 1 atom stereocenters. The van der Waals surface area contributed by atoms with Gasteiger partial charge in [-0.3, -0.25) is 4.79 Å². The van der Waals surface area contributed by atoms with E-state index >= 15 is 0 Å². The maximum absolute atomic E-state index is 12.9. The van der Waals surface area contributed by atoms with Crippen LogP contribution in [-0.4, -0.2) is 5.78 Å². The number of ketones is 1. The maximum Gasteiger partial charge on any atom is 0.159 e. The third-order valence-electron chi connectivity index (χ3n) is 2.58.